The van der Waals surface area contributed by atoms with Crippen molar-refractivity contribution in [2.24, 2.45) is 0 Å². The summed E-state index contributed by atoms with van der Waals surface area (Å²) in [6.45, 7) is 0.638. The third kappa shape index (κ3) is 6.50. The molecule has 1 aromatic heterocycles. The highest BCUT2D eigenvalue weighted by atomic mass is 35.5. The van der Waals surface area contributed by atoms with Gasteiger partial charge in [-0.25, -0.2) is 4.98 Å². The van der Waals surface area contributed by atoms with E-state index in [1.54, 1.807) is 24.3 Å². The van der Waals surface area contributed by atoms with E-state index < -0.39 is 11.7 Å². The summed E-state index contributed by atoms with van der Waals surface area (Å²) < 4.78 is 44.9. The molecule has 0 bridgehead atoms. The van der Waals surface area contributed by atoms with Gasteiger partial charge in [0.1, 0.15) is 6.26 Å². The Morgan fingerprint density at radius 1 is 1.12 bits per heavy atom. The summed E-state index contributed by atoms with van der Waals surface area (Å²) in [4.78, 5) is 18.3. The van der Waals surface area contributed by atoms with E-state index in [1.165, 1.54) is 12.3 Å². The van der Waals surface area contributed by atoms with Crippen LogP contribution in [0.25, 0.3) is 0 Å². The Balaban J connectivity index is 1.54. The minimum Gasteiger partial charge on any atom is -0.447 e. The van der Waals surface area contributed by atoms with Crippen molar-refractivity contribution in [1.82, 2.24) is 15.2 Å². The number of alkyl halides is 3. The molecular weight excluding hydrogens is 478 g/mol. The molecule has 1 fully saturated rings. The van der Waals surface area contributed by atoms with Crippen LogP contribution in [0.3, 0.4) is 0 Å². The first-order chi connectivity index (χ1) is 15.7. The van der Waals surface area contributed by atoms with Crippen molar-refractivity contribution in [1.29, 1.82) is 0 Å². The zero-order chi connectivity index (χ0) is 23.6. The van der Waals surface area contributed by atoms with Gasteiger partial charge < -0.3 is 9.73 Å². The summed E-state index contributed by atoms with van der Waals surface area (Å²) in [6, 6.07) is 10.4. The smallest absolute Gasteiger partial charge is 0.416 e. The van der Waals surface area contributed by atoms with Gasteiger partial charge in [0.25, 0.3) is 5.91 Å². The van der Waals surface area contributed by atoms with Gasteiger partial charge in [-0.05, 0) is 42.2 Å². The number of benzene rings is 2. The Kier molecular flexibility index (Phi) is 6.97. The van der Waals surface area contributed by atoms with Crippen molar-refractivity contribution in [3.63, 3.8) is 0 Å². The van der Waals surface area contributed by atoms with Gasteiger partial charge in [-0.15, -0.1) is 0 Å². The highest BCUT2D eigenvalue weighted by molar-refractivity contribution is 6.35. The predicted molar refractivity (Wildman–Crippen MR) is 118 cm³/mol. The van der Waals surface area contributed by atoms with E-state index in [-0.39, 0.29) is 36.6 Å². The Morgan fingerprint density at radius 3 is 2.61 bits per heavy atom. The lowest BCUT2D eigenvalue weighted by molar-refractivity contribution is -0.137. The average molecular weight is 498 g/mol. The van der Waals surface area contributed by atoms with Gasteiger partial charge in [0, 0.05) is 29.2 Å². The highest BCUT2D eigenvalue weighted by Gasteiger charge is 2.30. The number of amides is 1. The monoisotopic (exact) mass is 497 g/mol. The molecule has 174 valence electrons. The standard InChI is InChI=1S/C23H20Cl2F3N3O2/c24-17-5-4-15(19(25)9-17)11-31(10-14-2-1-3-16(8-14)23(26,27)28)12-21-30-20(13-33-21)22(32)29-18-6-7-18/h1-5,8-9,13,18H,6-7,10-12H2,(H,29,32). The lowest BCUT2D eigenvalue weighted by Crippen LogP contribution is -2.26. The fourth-order valence-electron chi connectivity index (χ4n) is 3.33. The lowest BCUT2D eigenvalue weighted by Gasteiger charge is -2.22. The average Bonchev–Trinajstić information content (AvgIpc) is 3.44. The maximum atomic E-state index is 13.2. The van der Waals surface area contributed by atoms with Gasteiger partial charge in [0.2, 0.25) is 5.89 Å². The molecule has 4 rings (SSSR count). The van der Waals surface area contributed by atoms with Crippen LogP contribution in [0.15, 0.2) is 53.1 Å². The number of rotatable bonds is 8. The maximum Gasteiger partial charge on any atom is 0.416 e. The van der Waals surface area contributed by atoms with Crippen molar-refractivity contribution >= 4 is 29.1 Å². The van der Waals surface area contributed by atoms with Crippen molar-refractivity contribution in [3.05, 3.63) is 87.0 Å². The Bertz CT molecular complexity index is 1150. The highest BCUT2D eigenvalue weighted by Crippen LogP contribution is 2.30. The van der Waals surface area contributed by atoms with E-state index in [0.29, 0.717) is 22.2 Å². The molecule has 0 saturated heterocycles. The van der Waals surface area contributed by atoms with Crippen LogP contribution in [0.1, 0.15) is 45.9 Å². The van der Waals surface area contributed by atoms with Gasteiger partial charge in [0.15, 0.2) is 5.69 Å². The number of hydrogen-bond donors (Lipinski definition) is 1. The molecule has 2 aromatic carbocycles. The van der Waals surface area contributed by atoms with Crippen molar-refractivity contribution < 1.29 is 22.4 Å². The summed E-state index contributed by atoms with van der Waals surface area (Å²) in [6.07, 6.45) is -1.26. The second kappa shape index (κ2) is 9.75. The van der Waals surface area contributed by atoms with Gasteiger partial charge in [-0.1, -0.05) is 47.5 Å². The second-order valence-corrected chi connectivity index (χ2v) is 8.80. The third-order valence-electron chi connectivity index (χ3n) is 5.13. The molecule has 5 nitrogen and oxygen atoms in total. The van der Waals surface area contributed by atoms with Crippen LogP contribution in [-0.2, 0) is 25.8 Å². The molecule has 0 radical (unpaired) electrons. The summed E-state index contributed by atoms with van der Waals surface area (Å²) >= 11 is 12.3. The third-order valence-corrected chi connectivity index (χ3v) is 5.71. The quantitative estimate of drug-likeness (QED) is 0.408. The van der Waals surface area contributed by atoms with Gasteiger partial charge in [-0.2, -0.15) is 13.2 Å². The molecule has 1 N–H and O–H groups in total. The van der Waals surface area contributed by atoms with Gasteiger partial charge in [-0.3, -0.25) is 9.69 Å². The number of oxazole rings is 1. The summed E-state index contributed by atoms with van der Waals surface area (Å²) in [7, 11) is 0. The fourth-order valence-corrected chi connectivity index (χ4v) is 3.80. The van der Waals surface area contributed by atoms with Crippen molar-refractivity contribution in [2.75, 3.05) is 0 Å². The number of hydrogen-bond acceptors (Lipinski definition) is 4. The molecule has 33 heavy (non-hydrogen) atoms. The first kappa shape index (κ1) is 23.6. The largest absolute Gasteiger partial charge is 0.447 e. The van der Waals surface area contributed by atoms with Crippen LogP contribution < -0.4 is 5.32 Å². The number of halogens is 5. The number of aromatic nitrogens is 1. The SMILES string of the molecule is O=C(NC1CC1)c1coc(CN(Cc2cccc(C(F)(F)F)c2)Cc2ccc(Cl)cc2Cl)n1. The number of nitrogens with one attached hydrogen (secondary N) is 1. The van der Waals surface area contributed by atoms with Crippen LogP contribution >= 0.6 is 23.2 Å². The molecular formula is C23H20Cl2F3N3O2. The zero-order valence-electron chi connectivity index (χ0n) is 17.3. The van der Waals surface area contributed by atoms with Crippen molar-refractivity contribution in [2.45, 2.75) is 44.7 Å². The van der Waals surface area contributed by atoms with Crippen LogP contribution in [0.5, 0.6) is 0 Å². The van der Waals surface area contributed by atoms with E-state index in [9.17, 15) is 18.0 Å². The first-order valence-corrected chi connectivity index (χ1v) is 11.0. The summed E-state index contributed by atoms with van der Waals surface area (Å²) in [5.41, 5.74) is 0.652. The van der Waals surface area contributed by atoms with E-state index in [4.69, 9.17) is 27.6 Å². The van der Waals surface area contributed by atoms with Crippen molar-refractivity contribution in [3.8, 4) is 0 Å². The van der Waals surface area contributed by atoms with Crippen LogP contribution in [0.4, 0.5) is 13.2 Å². The normalized spacial score (nSPS) is 14.0. The Labute approximate surface area is 198 Å². The zero-order valence-corrected chi connectivity index (χ0v) is 18.8. The molecule has 1 saturated carbocycles. The van der Waals surface area contributed by atoms with Gasteiger partial charge >= 0.3 is 6.18 Å². The molecule has 10 heteroatoms. The molecule has 1 heterocycles. The van der Waals surface area contributed by atoms with Gasteiger partial charge in [0.05, 0.1) is 12.1 Å². The number of carbonyl (C=O) groups excluding carboxylic acids is 1. The minimum absolute atomic E-state index is 0.159. The van der Waals surface area contributed by atoms with E-state index in [0.717, 1.165) is 30.5 Å². The van der Waals surface area contributed by atoms with Crippen LogP contribution in [0.2, 0.25) is 10.0 Å². The molecule has 0 aliphatic heterocycles. The molecule has 1 amide bonds. The number of nitrogens with zero attached hydrogens (tertiary/aromatic N) is 2. The summed E-state index contributed by atoms with van der Waals surface area (Å²) in [5, 5.41) is 3.76. The molecule has 3 aromatic rings. The minimum atomic E-state index is -4.44. The Morgan fingerprint density at radius 2 is 1.91 bits per heavy atom. The molecule has 1 aliphatic carbocycles. The summed E-state index contributed by atoms with van der Waals surface area (Å²) in [5.74, 6) is -0.0364. The predicted octanol–water partition coefficient (Wildman–Crippen LogP) is 6.09. The second-order valence-electron chi connectivity index (χ2n) is 7.95. The van der Waals surface area contributed by atoms with E-state index in [2.05, 4.69) is 10.3 Å². The molecule has 0 atom stereocenters. The topological polar surface area (TPSA) is 58.4 Å². The molecule has 0 unspecified atom stereocenters. The van der Waals surface area contributed by atoms with E-state index >= 15 is 0 Å². The van der Waals surface area contributed by atoms with E-state index in [1.807, 2.05) is 4.90 Å². The Hall–Kier alpha value is -2.55. The molecule has 1 aliphatic rings. The number of carbonyl (C=O) groups is 1. The van der Waals surface area contributed by atoms with Crippen LogP contribution in [0, 0.1) is 0 Å². The lowest BCUT2D eigenvalue weighted by atomic mass is 10.1. The maximum absolute atomic E-state index is 13.2. The molecule has 0 spiro atoms. The first-order valence-electron chi connectivity index (χ1n) is 10.2. The fraction of sp³-hybridized carbons (Fsp3) is 0.304. The van der Waals surface area contributed by atoms with Crippen LogP contribution in [-0.4, -0.2) is 21.8 Å².